The fourth-order valence-corrected chi connectivity index (χ4v) is 2.04. The van der Waals surface area contributed by atoms with Crippen molar-refractivity contribution in [3.05, 3.63) is 48.6 Å². The number of hydrogen-bond acceptors (Lipinski definition) is 3. The number of aliphatic carboxylic acids is 1. The summed E-state index contributed by atoms with van der Waals surface area (Å²) >= 11 is 0. The molecular formula is C14H10N2O2. The molecule has 0 fully saturated rings. The third-order valence-electron chi connectivity index (χ3n) is 2.77. The Morgan fingerprint density at radius 3 is 2.78 bits per heavy atom. The molecule has 0 radical (unpaired) electrons. The van der Waals surface area contributed by atoms with Crippen LogP contribution in [0.3, 0.4) is 0 Å². The molecule has 4 heteroatoms. The van der Waals surface area contributed by atoms with Crippen molar-refractivity contribution < 1.29 is 9.90 Å². The Labute approximate surface area is 103 Å². The minimum Gasteiger partial charge on any atom is -0.478 e. The van der Waals surface area contributed by atoms with Crippen LogP contribution in [0.2, 0.25) is 0 Å². The summed E-state index contributed by atoms with van der Waals surface area (Å²) < 4.78 is 0. The quantitative estimate of drug-likeness (QED) is 0.791. The van der Waals surface area contributed by atoms with Crippen LogP contribution in [0.4, 0.5) is 11.4 Å². The highest BCUT2D eigenvalue weighted by Gasteiger charge is 2.12. The molecule has 2 aromatic carbocycles. The zero-order chi connectivity index (χ0) is 12.5. The van der Waals surface area contributed by atoms with Crippen molar-refractivity contribution in [2.75, 3.05) is 5.32 Å². The summed E-state index contributed by atoms with van der Waals surface area (Å²) in [5.74, 6) is -0.458. The summed E-state index contributed by atoms with van der Waals surface area (Å²) in [5, 5.41) is 13.9. The number of benzene rings is 2. The Morgan fingerprint density at radius 2 is 2.00 bits per heavy atom. The van der Waals surface area contributed by atoms with Gasteiger partial charge in [-0.1, -0.05) is 24.3 Å². The zero-order valence-electron chi connectivity index (χ0n) is 9.42. The summed E-state index contributed by atoms with van der Waals surface area (Å²) in [6.07, 6.45) is 2.52. The first kappa shape index (κ1) is 10.5. The first-order chi connectivity index (χ1) is 8.74. The lowest BCUT2D eigenvalue weighted by Gasteiger charge is -2.16. The molecule has 1 aliphatic rings. The number of hydrogen-bond donors (Lipinski definition) is 2. The summed E-state index contributed by atoms with van der Waals surface area (Å²) in [6, 6.07) is 11.8. The molecule has 88 valence electrons. The van der Waals surface area contributed by atoms with Crippen LogP contribution < -0.4 is 5.32 Å². The fraction of sp³-hybridized carbons (Fsp3) is 0. The van der Waals surface area contributed by atoms with Crippen LogP contribution in [0.25, 0.3) is 10.8 Å². The van der Waals surface area contributed by atoms with E-state index < -0.39 is 5.97 Å². The summed E-state index contributed by atoms with van der Waals surface area (Å²) in [6.45, 7) is 0. The number of anilines is 1. The molecule has 0 bridgehead atoms. The van der Waals surface area contributed by atoms with Gasteiger partial charge in [-0.25, -0.2) is 9.79 Å². The third-order valence-corrected chi connectivity index (χ3v) is 2.77. The average Bonchev–Trinajstić information content (AvgIpc) is 2.37. The largest absolute Gasteiger partial charge is 0.478 e. The molecule has 0 amide bonds. The van der Waals surface area contributed by atoms with Gasteiger partial charge in [-0.05, 0) is 23.6 Å². The van der Waals surface area contributed by atoms with E-state index in [2.05, 4.69) is 10.3 Å². The molecule has 1 heterocycles. The number of carboxylic acid groups (broad SMARTS) is 1. The van der Waals surface area contributed by atoms with Crippen molar-refractivity contribution in [3.8, 4) is 0 Å². The van der Waals surface area contributed by atoms with Crippen LogP contribution in [-0.4, -0.2) is 16.9 Å². The number of amidine groups is 1. The van der Waals surface area contributed by atoms with Gasteiger partial charge in [0.25, 0.3) is 0 Å². The highest BCUT2D eigenvalue weighted by molar-refractivity contribution is 6.17. The molecule has 1 aliphatic heterocycles. The lowest BCUT2D eigenvalue weighted by Crippen LogP contribution is -2.12. The SMILES string of the molecule is O=C(O)/C=C/C1=Nc2cccc3cccc(c23)N1. The van der Waals surface area contributed by atoms with Gasteiger partial charge in [-0.2, -0.15) is 0 Å². The van der Waals surface area contributed by atoms with Gasteiger partial charge >= 0.3 is 5.97 Å². The first-order valence-electron chi connectivity index (χ1n) is 5.52. The molecule has 2 N–H and O–H groups in total. The molecule has 3 rings (SSSR count). The van der Waals surface area contributed by atoms with E-state index in [1.807, 2.05) is 36.4 Å². The molecule has 0 aromatic heterocycles. The van der Waals surface area contributed by atoms with Crippen LogP contribution in [0.1, 0.15) is 0 Å². The molecule has 0 saturated carbocycles. The van der Waals surface area contributed by atoms with Gasteiger partial charge < -0.3 is 10.4 Å². The highest BCUT2D eigenvalue weighted by atomic mass is 16.4. The fourth-order valence-electron chi connectivity index (χ4n) is 2.04. The maximum absolute atomic E-state index is 10.5. The van der Waals surface area contributed by atoms with Gasteiger partial charge in [0.2, 0.25) is 0 Å². The van der Waals surface area contributed by atoms with Crippen molar-refractivity contribution in [3.63, 3.8) is 0 Å². The second kappa shape index (κ2) is 4.00. The number of nitrogens with zero attached hydrogens (tertiary/aromatic N) is 1. The van der Waals surface area contributed by atoms with E-state index in [4.69, 9.17) is 5.11 Å². The number of carboxylic acids is 1. The lowest BCUT2D eigenvalue weighted by atomic mass is 10.1. The van der Waals surface area contributed by atoms with Gasteiger partial charge in [0.1, 0.15) is 5.84 Å². The predicted octanol–water partition coefficient (Wildman–Crippen LogP) is 2.94. The molecule has 0 aliphatic carbocycles. The van der Waals surface area contributed by atoms with E-state index in [1.54, 1.807) is 0 Å². The molecule has 0 unspecified atom stereocenters. The van der Waals surface area contributed by atoms with Crippen LogP contribution >= 0.6 is 0 Å². The molecule has 4 nitrogen and oxygen atoms in total. The van der Waals surface area contributed by atoms with Gasteiger partial charge in [0.15, 0.2) is 0 Å². The first-order valence-corrected chi connectivity index (χ1v) is 5.52. The Morgan fingerprint density at radius 1 is 1.22 bits per heavy atom. The molecule has 0 spiro atoms. The smallest absolute Gasteiger partial charge is 0.328 e. The Bertz CT molecular complexity index is 697. The van der Waals surface area contributed by atoms with Gasteiger partial charge in [0.05, 0.1) is 5.69 Å². The molecule has 0 saturated heterocycles. The number of rotatable bonds is 2. The van der Waals surface area contributed by atoms with Gasteiger partial charge in [-0.15, -0.1) is 0 Å². The number of nitrogens with one attached hydrogen (secondary N) is 1. The van der Waals surface area contributed by atoms with Crippen LogP contribution in [-0.2, 0) is 4.79 Å². The van der Waals surface area contributed by atoms with Crippen molar-refractivity contribution in [2.45, 2.75) is 0 Å². The molecule has 0 atom stereocenters. The Hall–Kier alpha value is -2.62. The van der Waals surface area contributed by atoms with Crippen LogP contribution in [0.5, 0.6) is 0 Å². The summed E-state index contributed by atoms with van der Waals surface area (Å²) in [5.41, 5.74) is 1.80. The summed E-state index contributed by atoms with van der Waals surface area (Å²) in [7, 11) is 0. The molecule has 18 heavy (non-hydrogen) atoms. The van der Waals surface area contributed by atoms with E-state index in [0.29, 0.717) is 5.84 Å². The molecular weight excluding hydrogens is 228 g/mol. The van der Waals surface area contributed by atoms with Gasteiger partial charge in [-0.3, -0.25) is 0 Å². The number of carbonyl (C=O) groups is 1. The van der Waals surface area contributed by atoms with Crippen molar-refractivity contribution in [2.24, 2.45) is 4.99 Å². The van der Waals surface area contributed by atoms with E-state index >= 15 is 0 Å². The lowest BCUT2D eigenvalue weighted by molar-refractivity contribution is -0.131. The maximum atomic E-state index is 10.5. The number of aliphatic imine (C=N–C) groups is 1. The zero-order valence-corrected chi connectivity index (χ0v) is 9.42. The topological polar surface area (TPSA) is 61.7 Å². The maximum Gasteiger partial charge on any atom is 0.328 e. The summed E-state index contributed by atoms with van der Waals surface area (Å²) in [4.78, 5) is 14.9. The normalized spacial score (nSPS) is 13.4. The van der Waals surface area contributed by atoms with E-state index in [0.717, 1.165) is 28.2 Å². The van der Waals surface area contributed by atoms with Crippen molar-refractivity contribution in [1.82, 2.24) is 0 Å². The second-order valence-corrected chi connectivity index (χ2v) is 3.97. The standard InChI is InChI=1S/C14H10N2O2/c17-13(18)8-7-12-15-10-5-1-3-9-4-2-6-11(16-12)14(9)10/h1-8H,(H,15,16)(H,17,18)/b8-7+. The van der Waals surface area contributed by atoms with E-state index in [-0.39, 0.29) is 0 Å². The monoisotopic (exact) mass is 238 g/mol. The van der Waals surface area contributed by atoms with Crippen LogP contribution in [0, 0.1) is 0 Å². The van der Waals surface area contributed by atoms with E-state index in [1.165, 1.54) is 6.08 Å². The van der Waals surface area contributed by atoms with E-state index in [9.17, 15) is 4.79 Å². The average molecular weight is 238 g/mol. The minimum absolute atomic E-state index is 0.531. The van der Waals surface area contributed by atoms with Gasteiger partial charge in [0, 0.05) is 17.1 Å². The Balaban J connectivity index is 2.14. The minimum atomic E-state index is -0.989. The second-order valence-electron chi connectivity index (χ2n) is 3.97. The highest BCUT2D eigenvalue weighted by Crippen LogP contribution is 2.35. The van der Waals surface area contributed by atoms with Crippen molar-refractivity contribution in [1.29, 1.82) is 0 Å². The van der Waals surface area contributed by atoms with Crippen LogP contribution in [0.15, 0.2) is 53.5 Å². The van der Waals surface area contributed by atoms with Crippen molar-refractivity contribution >= 4 is 34.0 Å². The molecule has 2 aromatic rings. The predicted molar refractivity (Wildman–Crippen MR) is 71.4 cm³/mol. The third kappa shape index (κ3) is 1.73. The Kier molecular flexibility index (Phi) is 2.34.